The van der Waals surface area contributed by atoms with Gasteiger partial charge in [0.25, 0.3) is 5.91 Å². The summed E-state index contributed by atoms with van der Waals surface area (Å²) in [5, 5.41) is 2.72. The third-order valence-corrected chi connectivity index (χ3v) is 2.20. The molecular formula is C11H11NO3. The molecule has 0 spiro atoms. The van der Waals surface area contributed by atoms with E-state index >= 15 is 0 Å². The largest absolute Gasteiger partial charge is 0.486 e. The molecule has 0 aliphatic carbocycles. The van der Waals surface area contributed by atoms with Gasteiger partial charge in [0.1, 0.15) is 12.4 Å². The maximum atomic E-state index is 11.2. The number of benzene rings is 1. The van der Waals surface area contributed by atoms with Crippen molar-refractivity contribution in [3.63, 3.8) is 0 Å². The van der Waals surface area contributed by atoms with Gasteiger partial charge in [-0.25, -0.2) is 0 Å². The summed E-state index contributed by atoms with van der Waals surface area (Å²) in [6, 6.07) is 5.20. The Morgan fingerprint density at radius 1 is 1.53 bits per heavy atom. The van der Waals surface area contributed by atoms with Crippen molar-refractivity contribution in [2.75, 3.05) is 6.61 Å². The number of rotatable bonds is 3. The second-order valence-electron chi connectivity index (χ2n) is 3.49. The lowest BCUT2D eigenvalue weighted by Gasteiger charge is -2.04. The summed E-state index contributed by atoms with van der Waals surface area (Å²) in [4.78, 5) is 21.9. The Labute approximate surface area is 87.2 Å². The molecule has 1 aliphatic heterocycles. The van der Waals surface area contributed by atoms with Crippen LogP contribution >= 0.6 is 0 Å². The number of fused-ring (bicyclic) bond motifs is 1. The fourth-order valence-corrected chi connectivity index (χ4v) is 1.48. The minimum Gasteiger partial charge on any atom is -0.486 e. The first-order valence-corrected chi connectivity index (χ1v) is 4.70. The van der Waals surface area contributed by atoms with Gasteiger partial charge in [-0.05, 0) is 30.7 Å². The summed E-state index contributed by atoms with van der Waals surface area (Å²) in [5.41, 5.74) is 1.60. The number of amides is 1. The van der Waals surface area contributed by atoms with E-state index in [4.69, 9.17) is 4.74 Å². The van der Waals surface area contributed by atoms with E-state index in [1.165, 1.54) is 6.92 Å². The van der Waals surface area contributed by atoms with Crippen LogP contribution in [0.4, 0.5) is 0 Å². The second-order valence-corrected chi connectivity index (χ2v) is 3.49. The molecule has 1 amide bonds. The molecule has 0 saturated carbocycles. The predicted molar refractivity (Wildman–Crippen MR) is 53.8 cm³/mol. The number of nitrogens with one attached hydrogen (secondary N) is 1. The smallest absolute Gasteiger partial charge is 0.251 e. The Hall–Kier alpha value is -1.84. The summed E-state index contributed by atoms with van der Waals surface area (Å²) < 4.78 is 5.24. The van der Waals surface area contributed by atoms with Crippen LogP contribution in [0.1, 0.15) is 22.8 Å². The highest BCUT2D eigenvalue weighted by Gasteiger charge is 2.18. The molecule has 0 bridgehead atoms. The van der Waals surface area contributed by atoms with Gasteiger partial charge in [-0.2, -0.15) is 0 Å². The van der Waals surface area contributed by atoms with Crippen molar-refractivity contribution in [1.82, 2.24) is 5.32 Å². The van der Waals surface area contributed by atoms with E-state index in [1.807, 2.05) is 0 Å². The first-order valence-electron chi connectivity index (χ1n) is 4.70. The van der Waals surface area contributed by atoms with Gasteiger partial charge in [0, 0.05) is 12.1 Å². The van der Waals surface area contributed by atoms with E-state index in [9.17, 15) is 9.59 Å². The van der Waals surface area contributed by atoms with Crippen LogP contribution in [0.15, 0.2) is 18.2 Å². The molecule has 0 fully saturated rings. The minimum atomic E-state index is -0.0527. The highest BCUT2D eigenvalue weighted by molar-refractivity contribution is 5.98. The molecule has 0 radical (unpaired) electrons. The molecule has 78 valence electrons. The second kappa shape index (κ2) is 3.73. The highest BCUT2D eigenvalue weighted by atomic mass is 16.5. The van der Waals surface area contributed by atoms with Crippen LogP contribution in [0.2, 0.25) is 0 Å². The number of hydrogen-bond acceptors (Lipinski definition) is 3. The summed E-state index contributed by atoms with van der Waals surface area (Å²) in [5.74, 6) is 0.549. The van der Waals surface area contributed by atoms with E-state index in [2.05, 4.69) is 5.32 Å². The van der Waals surface area contributed by atoms with E-state index in [0.717, 1.165) is 5.56 Å². The van der Waals surface area contributed by atoms with Crippen molar-refractivity contribution >= 4 is 11.7 Å². The number of ether oxygens (including phenoxy) is 1. The van der Waals surface area contributed by atoms with Gasteiger partial charge in [-0.3, -0.25) is 9.59 Å². The monoisotopic (exact) mass is 205 g/mol. The van der Waals surface area contributed by atoms with Gasteiger partial charge < -0.3 is 10.1 Å². The zero-order chi connectivity index (χ0) is 10.8. The molecule has 1 heterocycles. The van der Waals surface area contributed by atoms with Crippen LogP contribution in [0.5, 0.6) is 5.75 Å². The Morgan fingerprint density at radius 2 is 2.33 bits per heavy atom. The number of Topliss-reactive ketones (excluding diaryl/α,β-unsaturated/α-hetero) is 1. The first-order chi connectivity index (χ1) is 7.16. The van der Waals surface area contributed by atoms with Gasteiger partial charge >= 0.3 is 0 Å². The Balaban J connectivity index is 2.16. The van der Waals surface area contributed by atoms with Crippen LogP contribution < -0.4 is 10.1 Å². The molecule has 0 aromatic heterocycles. The average Bonchev–Trinajstić information content (AvgIpc) is 2.57. The van der Waals surface area contributed by atoms with Gasteiger partial charge in [0.05, 0.1) is 0 Å². The summed E-state index contributed by atoms with van der Waals surface area (Å²) in [7, 11) is 0. The molecule has 4 heteroatoms. The maximum absolute atomic E-state index is 11.2. The zero-order valence-corrected chi connectivity index (χ0v) is 8.37. The lowest BCUT2D eigenvalue weighted by molar-refractivity contribution is -0.118. The lowest BCUT2D eigenvalue weighted by atomic mass is 10.1. The van der Waals surface area contributed by atoms with E-state index in [0.29, 0.717) is 17.9 Å². The molecule has 1 aliphatic rings. The highest BCUT2D eigenvalue weighted by Crippen LogP contribution is 2.21. The van der Waals surface area contributed by atoms with Crippen molar-refractivity contribution in [3.8, 4) is 5.75 Å². The van der Waals surface area contributed by atoms with Crippen LogP contribution in [0, 0.1) is 0 Å². The topological polar surface area (TPSA) is 55.4 Å². The van der Waals surface area contributed by atoms with Gasteiger partial charge in [-0.1, -0.05) is 0 Å². The van der Waals surface area contributed by atoms with Crippen molar-refractivity contribution in [1.29, 1.82) is 0 Å². The molecule has 0 unspecified atom stereocenters. The van der Waals surface area contributed by atoms with Crippen LogP contribution in [0.3, 0.4) is 0 Å². The Morgan fingerprint density at radius 3 is 3.07 bits per heavy atom. The van der Waals surface area contributed by atoms with Crippen molar-refractivity contribution < 1.29 is 14.3 Å². The molecule has 0 atom stereocenters. The molecule has 1 N–H and O–H groups in total. The van der Waals surface area contributed by atoms with Crippen molar-refractivity contribution in [3.05, 3.63) is 29.3 Å². The number of carbonyl (C=O) groups is 2. The molecule has 0 saturated heterocycles. The van der Waals surface area contributed by atoms with Crippen LogP contribution in [0.25, 0.3) is 0 Å². The minimum absolute atomic E-state index is 0.0234. The predicted octanol–water partition coefficient (Wildman–Crippen LogP) is 0.898. The van der Waals surface area contributed by atoms with Gasteiger partial charge in [0.15, 0.2) is 5.78 Å². The number of ketones is 1. The van der Waals surface area contributed by atoms with E-state index in [1.54, 1.807) is 18.2 Å². The first kappa shape index (κ1) is 9.71. The molecular weight excluding hydrogens is 194 g/mol. The Bertz CT molecular complexity index is 426. The summed E-state index contributed by atoms with van der Waals surface area (Å²) in [6.07, 6.45) is 0. The molecule has 1 aromatic rings. The normalized spacial score (nSPS) is 13.3. The van der Waals surface area contributed by atoms with E-state index in [-0.39, 0.29) is 18.3 Å². The standard InChI is InChI=1S/C11H11NO3/c1-7(13)6-15-9-2-3-10-8(4-9)5-12-11(10)14/h2-4H,5-6H2,1H3,(H,12,14). The van der Waals surface area contributed by atoms with Crippen molar-refractivity contribution in [2.24, 2.45) is 0 Å². The third kappa shape index (κ3) is 1.98. The average molecular weight is 205 g/mol. The van der Waals surface area contributed by atoms with Gasteiger partial charge in [0.2, 0.25) is 0 Å². The molecule has 15 heavy (non-hydrogen) atoms. The third-order valence-electron chi connectivity index (χ3n) is 2.20. The number of hydrogen-bond donors (Lipinski definition) is 1. The van der Waals surface area contributed by atoms with Gasteiger partial charge in [-0.15, -0.1) is 0 Å². The fourth-order valence-electron chi connectivity index (χ4n) is 1.48. The summed E-state index contributed by atoms with van der Waals surface area (Å²) in [6.45, 7) is 2.07. The molecule has 4 nitrogen and oxygen atoms in total. The Kier molecular flexibility index (Phi) is 2.41. The maximum Gasteiger partial charge on any atom is 0.251 e. The molecule has 2 rings (SSSR count). The van der Waals surface area contributed by atoms with Crippen LogP contribution in [-0.4, -0.2) is 18.3 Å². The summed E-state index contributed by atoms with van der Waals surface area (Å²) >= 11 is 0. The molecule has 1 aromatic carbocycles. The SMILES string of the molecule is CC(=O)COc1ccc2c(c1)CNC2=O. The van der Waals surface area contributed by atoms with E-state index < -0.39 is 0 Å². The quantitative estimate of drug-likeness (QED) is 0.797. The van der Waals surface area contributed by atoms with Crippen molar-refractivity contribution in [2.45, 2.75) is 13.5 Å². The lowest BCUT2D eigenvalue weighted by Crippen LogP contribution is -2.12. The number of carbonyl (C=O) groups excluding carboxylic acids is 2. The zero-order valence-electron chi connectivity index (χ0n) is 8.37. The fraction of sp³-hybridized carbons (Fsp3) is 0.273. The van der Waals surface area contributed by atoms with Crippen LogP contribution in [-0.2, 0) is 11.3 Å².